The number of anilines is 1. The Bertz CT molecular complexity index is 1150. The van der Waals surface area contributed by atoms with Crippen molar-refractivity contribution >= 4 is 40.4 Å². The van der Waals surface area contributed by atoms with Gasteiger partial charge in [0.05, 0.1) is 27.7 Å². The molecule has 3 heterocycles. The molecule has 9 nitrogen and oxygen atoms in total. The van der Waals surface area contributed by atoms with Crippen LogP contribution >= 0.6 is 11.6 Å². The van der Waals surface area contributed by atoms with Crippen molar-refractivity contribution < 1.29 is 28.6 Å². The molecular formula is C21H21ClFN3O6. The Morgan fingerprint density at radius 1 is 1.41 bits per heavy atom. The minimum absolute atomic E-state index is 0.00148. The predicted molar refractivity (Wildman–Crippen MR) is 115 cm³/mol. The average Bonchev–Trinajstić information content (AvgIpc) is 3.17. The number of carbonyl (C=O) groups excluding carboxylic acids is 1. The van der Waals surface area contributed by atoms with E-state index in [0.29, 0.717) is 19.6 Å². The Labute approximate surface area is 187 Å². The molecule has 0 aliphatic carbocycles. The molecule has 4 rings (SSSR count). The van der Waals surface area contributed by atoms with Crippen LogP contribution in [0.4, 0.5) is 19.7 Å². The number of aromatic nitrogens is 1. The van der Waals surface area contributed by atoms with E-state index in [-0.39, 0.29) is 40.2 Å². The fourth-order valence-electron chi connectivity index (χ4n) is 4.53. The number of likely N-dealkylation sites (tertiary alicyclic amines) is 1. The highest BCUT2D eigenvalue weighted by atomic mass is 35.5. The van der Waals surface area contributed by atoms with Gasteiger partial charge >= 0.3 is 12.2 Å². The van der Waals surface area contributed by atoms with Gasteiger partial charge in [0.2, 0.25) is 5.43 Å². The van der Waals surface area contributed by atoms with Gasteiger partial charge in [-0.25, -0.2) is 14.0 Å². The smallest absolute Gasteiger partial charge is 0.449 e. The zero-order valence-corrected chi connectivity index (χ0v) is 17.7. The van der Waals surface area contributed by atoms with E-state index in [2.05, 4.69) is 16.3 Å². The lowest BCUT2D eigenvalue weighted by Crippen LogP contribution is -2.48. The number of benzene rings is 1. The van der Waals surface area contributed by atoms with Crippen LogP contribution < -0.4 is 15.1 Å². The van der Waals surface area contributed by atoms with E-state index in [1.807, 2.05) is 0 Å². The van der Waals surface area contributed by atoms with Crippen LogP contribution in [0.15, 0.2) is 29.7 Å². The highest BCUT2D eigenvalue weighted by Gasteiger charge is 2.43. The first-order valence-corrected chi connectivity index (χ1v) is 10.4. The number of fused-ring (bicyclic) bond motifs is 2. The molecule has 2 atom stereocenters. The van der Waals surface area contributed by atoms with Gasteiger partial charge in [-0.3, -0.25) is 4.79 Å². The summed E-state index contributed by atoms with van der Waals surface area (Å²) in [5, 5.41) is 8.62. The second-order valence-electron chi connectivity index (χ2n) is 7.73. The van der Waals surface area contributed by atoms with Crippen molar-refractivity contribution in [2.24, 2.45) is 5.92 Å². The largest absolute Gasteiger partial charge is 0.511 e. The first-order chi connectivity index (χ1) is 15.3. The molecule has 2 aliphatic heterocycles. The highest BCUT2D eigenvalue weighted by Crippen LogP contribution is 2.40. The van der Waals surface area contributed by atoms with Gasteiger partial charge in [-0.05, 0) is 24.8 Å². The number of amides is 1. The third kappa shape index (κ3) is 3.86. The molecule has 1 aromatic carbocycles. The van der Waals surface area contributed by atoms with Crippen LogP contribution in [0, 0.1) is 11.7 Å². The first kappa shape index (κ1) is 21.9. The maximum absolute atomic E-state index is 15.2. The topological polar surface area (TPSA) is 112 Å². The van der Waals surface area contributed by atoms with Crippen LogP contribution in [-0.4, -0.2) is 59.5 Å². The monoisotopic (exact) mass is 465 g/mol. The summed E-state index contributed by atoms with van der Waals surface area (Å²) in [5.41, 5.74) is -0.502. The molecule has 2 saturated heterocycles. The van der Waals surface area contributed by atoms with Crippen molar-refractivity contribution in [2.45, 2.75) is 18.9 Å². The number of carbonyl (C=O) groups is 2. The molecule has 0 saturated carbocycles. The molecule has 0 unspecified atom stereocenters. The molecular weight excluding hydrogens is 445 g/mol. The van der Waals surface area contributed by atoms with Crippen molar-refractivity contribution in [3.05, 3.63) is 46.0 Å². The number of ether oxygens (including phenoxy) is 2. The van der Waals surface area contributed by atoms with Crippen LogP contribution in [0.5, 0.6) is 5.75 Å². The quantitative estimate of drug-likeness (QED) is 0.524. The predicted octanol–water partition coefficient (Wildman–Crippen LogP) is 3.60. The van der Waals surface area contributed by atoms with E-state index in [1.165, 1.54) is 6.08 Å². The van der Waals surface area contributed by atoms with Gasteiger partial charge in [0, 0.05) is 25.8 Å². The molecule has 0 radical (unpaired) electrons. The molecule has 11 heteroatoms. The number of halogens is 2. The molecule has 170 valence electrons. The lowest BCUT2D eigenvalue weighted by molar-refractivity contribution is 0.0732. The van der Waals surface area contributed by atoms with Crippen LogP contribution in [0.25, 0.3) is 10.9 Å². The van der Waals surface area contributed by atoms with E-state index < -0.39 is 29.2 Å². The SMILES string of the molecule is C=CCOC(=O)N1CCC[C@H]2CN(c3c(F)cc4c(=O)c(OC(=O)O)c[nH]c4c3Cl)C[C@H]21. The number of nitrogens with zero attached hydrogens (tertiary/aromatic N) is 2. The van der Waals surface area contributed by atoms with E-state index >= 15 is 4.39 Å². The van der Waals surface area contributed by atoms with Gasteiger partial charge in [-0.1, -0.05) is 24.3 Å². The minimum atomic E-state index is -1.66. The number of nitrogens with one attached hydrogen (secondary N) is 1. The Morgan fingerprint density at radius 2 is 2.19 bits per heavy atom. The number of rotatable bonds is 4. The second-order valence-corrected chi connectivity index (χ2v) is 8.11. The van der Waals surface area contributed by atoms with Crippen molar-refractivity contribution in [2.75, 3.05) is 31.1 Å². The summed E-state index contributed by atoms with van der Waals surface area (Å²) in [6.45, 7) is 5.06. The minimum Gasteiger partial charge on any atom is -0.449 e. The average molecular weight is 466 g/mol. The molecule has 1 aromatic heterocycles. The van der Waals surface area contributed by atoms with Crippen molar-refractivity contribution in [1.82, 2.24) is 9.88 Å². The Balaban J connectivity index is 1.67. The summed E-state index contributed by atoms with van der Waals surface area (Å²) in [7, 11) is 0. The maximum atomic E-state index is 15.2. The van der Waals surface area contributed by atoms with E-state index in [1.54, 1.807) is 9.80 Å². The van der Waals surface area contributed by atoms with Crippen molar-refractivity contribution in [3.63, 3.8) is 0 Å². The fraction of sp³-hybridized carbons (Fsp3) is 0.381. The van der Waals surface area contributed by atoms with Crippen molar-refractivity contribution in [3.8, 4) is 5.75 Å². The standard InChI is InChI=1S/C21H21ClFN3O6/c1-2-6-31-20(28)26-5-3-4-11-9-25(10-14(11)26)18-13(23)7-12-17(16(18)22)24-8-15(19(12)27)32-21(29)30/h2,7-8,11,14H,1,3-6,9-10H2,(H,24,27)(H,29,30)/t11-,14+/m0/s1. The molecule has 0 bridgehead atoms. The molecule has 1 amide bonds. The molecule has 32 heavy (non-hydrogen) atoms. The summed E-state index contributed by atoms with van der Waals surface area (Å²) < 4.78 is 24.8. The van der Waals surface area contributed by atoms with Crippen LogP contribution in [0.1, 0.15) is 12.8 Å². The lowest BCUT2D eigenvalue weighted by atomic mass is 9.92. The van der Waals surface area contributed by atoms with E-state index in [4.69, 9.17) is 21.4 Å². The summed E-state index contributed by atoms with van der Waals surface area (Å²) in [6.07, 6.45) is 2.18. The zero-order valence-electron chi connectivity index (χ0n) is 17.0. The number of carboxylic acid groups (broad SMARTS) is 1. The molecule has 2 aromatic rings. The van der Waals surface area contributed by atoms with E-state index in [9.17, 15) is 14.4 Å². The maximum Gasteiger partial charge on any atom is 0.511 e. The zero-order chi connectivity index (χ0) is 23.0. The Kier molecular flexibility index (Phi) is 5.96. The summed E-state index contributed by atoms with van der Waals surface area (Å²) in [5.74, 6) is -1.08. The van der Waals surface area contributed by atoms with Crippen molar-refractivity contribution in [1.29, 1.82) is 0 Å². The van der Waals surface area contributed by atoms with Crippen LogP contribution in [0.3, 0.4) is 0 Å². The molecule has 2 N–H and O–H groups in total. The third-order valence-electron chi connectivity index (χ3n) is 5.86. The van der Waals surface area contributed by atoms with Gasteiger partial charge in [0.15, 0.2) is 5.75 Å². The summed E-state index contributed by atoms with van der Waals surface area (Å²) in [4.78, 5) is 41.9. The Hall–Kier alpha value is -3.27. The number of aromatic amines is 1. The van der Waals surface area contributed by atoms with Crippen LogP contribution in [0.2, 0.25) is 5.02 Å². The number of hydrogen-bond acceptors (Lipinski definition) is 6. The third-order valence-corrected chi connectivity index (χ3v) is 6.23. The van der Waals surface area contributed by atoms with Gasteiger partial charge in [0.25, 0.3) is 0 Å². The number of piperidine rings is 1. The van der Waals surface area contributed by atoms with Gasteiger partial charge in [0.1, 0.15) is 12.4 Å². The van der Waals surface area contributed by atoms with Crippen LogP contribution in [-0.2, 0) is 4.74 Å². The molecule has 2 fully saturated rings. The molecule has 2 aliphatic rings. The van der Waals surface area contributed by atoms with E-state index in [0.717, 1.165) is 25.1 Å². The molecule has 0 spiro atoms. The Morgan fingerprint density at radius 3 is 2.91 bits per heavy atom. The van der Waals surface area contributed by atoms with Gasteiger partial charge < -0.3 is 29.4 Å². The lowest BCUT2D eigenvalue weighted by Gasteiger charge is -2.35. The van der Waals surface area contributed by atoms with Gasteiger partial charge in [-0.15, -0.1) is 0 Å². The first-order valence-electron chi connectivity index (χ1n) is 10.0. The normalized spacial score (nSPS) is 20.2. The highest BCUT2D eigenvalue weighted by molar-refractivity contribution is 6.37. The summed E-state index contributed by atoms with van der Waals surface area (Å²) >= 11 is 6.50. The summed E-state index contributed by atoms with van der Waals surface area (Å²) in [6, 6.07) is 0.861. The number of pyridine rings is 1. The van der Waals surface area contributed by atoms with Gasteiger partial charge in [-0.2, -0.15) is 0 Å². The number of H-pyrrole nitrogens is 1. The number of hydrogen-bond donors (Lipinski definition) is 2. The second kappa shape index (κ2) is 8.70. The fourth-order valence-corrected chi connectivity index (χ4v) is 4.89.